The number of ether oxygens (including phenoxy) is 1. The number of benzene rings is 2. The van der Waals surface area contributed by atoms with E-state index in [-0.39, 0.29) is 36.5 Å². The lowest BCUT2D eigenvalue weighted by Crippen LogP contribution is -2.51. The van der Waals surface area contributed by atoms with E-state index in [2.05, 4.69) is 43.6 Å². The molecular formula is C38H42F2N6O3Si. The number of aromatic nitrogens is 2. The van der Waals surface area contributed by atoms with Crippen molar-refractivity contribution in [1.82, 2.24) is 18.9 Å². The Hall–Kier alpha value is -4.62. The molecule has 50 heavy (non-hydrogen) atoms. The highest BCUT2D eigenvalue weighted by molar-refractivity contribution is 6.76. The van der Waals surface area contributed by atoms with E-state index in [1.165, 1.54) is 34.2 Å². The number of piperidine rings is 1. The molecule has 2 aliphatic heterocycles. The maximum Gasteiger partial charge on any atom is 0.279 e. The lowest BCUT2D eigenvalue weighted by Gasteiger charge is -2.34. The zero-order chi connectivity index (χ0) is 35.7. The minimum atomic E-state index is -1.37. The molecule has 2 fully saturated rings. The number of pyridine rings is 1. The largest absolute Gasteiger partial charge is 0.361 e. The van der Waals surface area contributed by atoms with E-state index in [1.807, 2.05) is 10.6 Å². The van der Waals surface area contributed by atoms with Crippen molar-refractivity contribution >= 4 is 24.9 Å². The third kappa shape index (κ3) is 7.43. The molecule has 0 spiro atoms. The van der Waals surface area contributed by atoms with Crippen molar-refractivity contribution in [1.29, 1.82) is 10.5 Å². The second kappa shape index (κ2) is 14.3. The first-order valence-corrected chi connectivity index (χ1v) is 20.8. The first-order chi connectivity index (χ1) is 23.8. The van der Waals surface area contributed by atoms with Crippen molar-refractivity contribution in [2.45, 2.75) is 64.9 Å². The second-order valence-corrected chi connectivity index (χ2v) is 20.5. The molecular weight excluding hydrogens is 655 g/mol. The number of fused-ring (bicyclic) bond motifs is 1. The maximum atomic E-state index is 14.5. The minimum Gasteiger partial charge on any atom is -0.361 e. The fraction of sp³-hybridized carbons (Fsp3) is 0.421. The fourth-order valence-electron chi connectivity index (χ4n) is 6.84. The van der Waals surface area contributed by atoms with Crippen LogP contribution in [0, 0.1) is 34.4 Å². The molecule has 0 N–H and O–H groups in total. The lowest BCUT2D eigenvalue weighted by atomic mass is 9.95. The van der Waals surface area contributed by atoms with E-state index >= 15 is 0 Å². The lowest BCUT2D eigenvalue weighted by molar-refractivity contribution is 0.0400. The van der Waals surface area contributed by atoms with Gasteiger partial charge in [-0.3, -0.25) is 19.1 Å². The van der Waals surface area contributed by atoms with Gasteiger partial charge in [0.1, 0.15) is 30.3 Å². The third-order valence-corrected chi connectivity index (χ3v) is 11.3. The van der Waals surface area contributed by atoms with Crippen LogP contribution < -0.4 is 5.56 Å². The Morgan fingerprint density at radius 3 is 2.52 bits per heavy atom. The molecule has 2 aliphatic rings. The average molecular weight is 697 g/mol. The highest BCUT2D eigenvalue weighted by Crippen LogP contribution is 2.31. The number of alkyl halides is 1. The maximum absolute atomic E-state index is 14.5. The molecule has 6 rings (SSSR count). The molecule has 4 heterocycles. The molecule has 0 saturated carbocycles. The summed E-state index contributed by atoms with van der Waals surface area (Å²) >= 11 is 0. The van der Waals surface area contributed by atoms with Crippen molar-refractivity contribution in [3.8, 4) is 29.0 Å². The van der Waals surface area contributed by atoms with Crippen LogP contribution in [0.2, 0.25) is 25.7 Å². The van der Waals surface area contributed by atoms with Crippen LogP contribution in [0.3, 0.4) is 0 Å². The molecule has 2 aromatic heterocycles. The summed E-state index contributed by atoms with van der Waals surface area (Å²) in [7, 11) is -1.37. The molecule has 12 heteroatoms. The van der Waals surface area contributed by atoms with Crippen molar-refractivity contribution in [3.63, 3.8) is 0 Å². The predicted octanol–water partition coefficient (Wildman–Crippen LogP) is 6.68. The number of hydrogen-bond acceptors (Lipinski definition) is 6. The number of carbonyl (C=O) groups excluding carboxylic acids is 1. The summed E-state index contributed by atoms with van der Waals surface area (Å²) in [6.07, 6.45) is 2.62. The van der Waals surface area contributed by atoms with Crippen molar-refractivity contribution in [2.75, 3.05) is 32.8 Å². The zero-order valence-electron chi connectivity index (χ0n) is 29.0. The highest BCUT2D eigenvalue weighted by Gasteiger charge is 2.32. The zero-order valence-corrected chi connectivity index (χ0v) is 30.0. The van der Waals surface area contributed by atoms with Crippen LogP contribution in [-0.2, 0) is 18.0 Å². The summed E-state index contributed by atoms with van der Waals surface area (Å²) < 4.78 is 37.5. The van der Waals surface area contributed by atoms with Gasteiger partial charge in [0.25, 0.3) is 11.5 Å². The quantitative estimate of drug-likeness (QED) is 0.135. The Kier molecular flexibility index (Phi) is 10.1. The number of carbonyl (C=O) groups is 1. The molecule has 0 unspecified atom stereocenters. The topological polar surface area (TPSA) is 107 Å². The average Bonchev–Trinajstić information content (AvgIpc) is 3.42. The fourth-order valence-corrected chi connectivity index (χ4v) is 7.60. The van der Waals surface area contributed by atoms with Crippen molar-refractivity contribution < 1.29 is 18.3 Å². The second-order valence-electron chi connectivity index (χ2n) is 14.9. The van der Waals surface area contributed by atoms with Gasteiger partial charge >= 0.3 is 0 Å². The van der Waals surface area contributed by atoms with E-state index in [4.69, 9.17) is 4.74 Å². The van der Waals surface area contributed by atoms with E-state index in [0.717, 1.165) is 37.3 Å². The van der Waals surface area contributed by atoms with Crippen LogP contribution in [-0.4, -0.2) is 71.9 Å². The van der Waals surface area contributed by atoms with Gasteiger partial charge in [-0.25, -0.2) is 8.78 Å². The van der Waals surface area contributed by atoms with Crippen LogP contribution in [0.15, 0.2) is 53.5 Å². The summed E-state index contributed by atoms with van der Waals surface area (Å²) in [6, 6.07) is 15.8. The summed E-state index contributed by atoms with van der Waals surface area (Å²) in [5.41, 5.74) is 2.37. The molecule has 2 saturated heterocycles. The summed E-state index contributed by atoms with van der Waals surface area (Å²) in [6.45, 7) is 12.1. The van der Waals surface area contributed by atoms with E-state index in [9.17, 15) is 28.9 Å². The number of hydrogen-bond donors (Lipinski definition) is 0. The van der Waals surface area contributed by atoms with Gasteiger partial charge in [0.15, 0.2) is 0 Å². The molecule has 1 amide bonds. The first-order valence-electron chi connectivity index (χ1n) is 17.1. The van der Waals surface area contributed by atoms with Gasteiger partial charge in [-0.2, -0.15) is 10.5 Å². The van der Waals surface area contributed by atoms with E-state index < -0.39 is 31.5 Å². The smallest absolute Gasteiger partial charge is 0.279 e. The van der Waals surface area contributed by atoms with Gasteiger partial charge in [0.2, 0.25) is 0 Å². The van der Waals surface area contributed by atoms with Gasteiger partial charge in [0.05, 0.1) is 41.5 Å². The standard InChI is InChI=1S/C38H42F2N6O3Si/c1-25-6-5-9-43(19-25)23-32-16-34-28(18-42)20-45(38(48)36(34)46(32)24-49-10-11-50(2,3)4)31-13-26(17-41)12-27(14-31)33-8-7-29(39)15-35(33)37(47)44-21-30(40)22-44/h7-8,12-16,20,25,30H,5-6,9-11,19,21-24H2,1-4H3/t25-/m0/s1. The van der Waals surface area contributed by atoms with E-state index in [1.54, 1.807) is 18.2 Å². The monoisotopic (exact) mass is 696 g/mol. The van der Waals surface area contributed by atoms with Crippen LogP contribution >= 0.6 is 0 Å². The molecule has 0 aliphatic carbocycles. The normalized spacial score (nSPS) is 17.0. The van der Waals surface area contributed by atoms with Crippen LogP contribution in [0.25, 0.3) is 27.7 Å². The molecule has 1 atom stereocenters. The highest BCUT2D eigenvalue weighted by atomic mass is 28.3. The van der Waals surface area contributed by atoms with Gasteiger partial charge < -0.3 is 14.2 Å². The Morgan fingerprint density at radius 2 is 1.84 bits per heavy atom. The summed E-state index contributed by atoms with van der Waals surface area (Å²) in [5.74, 6) is -0.592. The van der Waals surface area contributed by atoms with Gasteiger partial charge in [-0.15, -0.1) is 0 Å². The number of likely N-dealkylation sites (tertiary alicyclic amines) is 2. The molecule has 9 nitrogen and oxygen atoms in total. The van der Waals surface area contributed by atoms with Crippen molar-refractivity contribution in [2.24, 2.45) is 5.92 Å². The molecule has 0 radical (unpaired) electrons. The van der Waals surface area contributed by atoms with Gasteiger partial charge in [-0.05, 0) is 78.9 Å². The molecule has 2 aromatic carbocycles. The Morgan fingerprint density at radius 1 is 1.06 bits per heavy atom. The molecule has 4 aromatic rings. The number of amides is 1. The molecule has 260 valence electrons. The summed E-state index contributed by atoms with van der Waals surface area (Å²) in [4.78, 5) is 31.5. The van der Waals surface area contributed by atoms with E-state index in [0.29, 0.717) is 46.8 Å². The van der Waals surface area contributed by atoms with Crippen LogP contribution in [0.4, 0.5) is 8.78 Å². The SMILES string of the molecule is C[C@H]1CCCN(Cc2cc3c(C#N)cn(-c4cc(C#N)cc(-c5ccc(F)cc5C(=O)N5CC(F)C5)c4)c(=O)c3n2COCC[Si](C)(C)C)C1. The van der Waals surface area contributed by atoms with Gasteiger partial charge in [-0.1, -0.05) is 32.6 Å². The number of nitrogens with zero attached hydrogens (tertiary/aromatic N) is 6. The number of nitriles is 2. The van der Waals surface area contributed by atoms with Crippen LogP contribution in [0.5, 0.6) is 0 Å². The van der Waals surface area contributed by atoms with Crippen molar-refractivity contribution in [3.05, 3.63) is 87.2 Å². The first kappa shape index (κ1) is 35.2. The third-order valence-electron chi connectivity index (χ3n) is 9.59. The summed E-state index contributed by atoms with van der Waals surface area (Å²) in [5, 5.41) is 20.9. The molecule has 0 bridgehead atoms. The predicted molar refractivity (Wildman–Crippen MR) is 191 cm³/mol. The van der Waals surface area contributed by atoms with Gasteiger partial charge in [0, 0.05) is 45.0 Å². The minimum absolute atomic E-state index is 0.0273. The number of rotatable bonds is 10. The Balaban J connectivity index is 1.48. The van der Waals surface area contributed by atoms with Crippen LogP contribution in [0.1, 0.15) is 46.9 Å². The Labute approximate surface area is 291 Å². The Bertz CT molecular complexity index is 2080. The number of halogens is 2.